The third-order valence-electron chi connectivity index (χ3n) is 5.23. The fourth-order valence-electron chi connectivity index (χ4n) is 3.59. The van der Waals surface area contributed by atoms with E-state index in [1.54, 1.807) is 23.1 Å². The van der Waals surface area contributed by atoms with E-state index in [4.69, 9.17) is 4.74 Å². The first-order chi connectivity index (χ1) is 14.9. The summed E-state index contributed by atoms with van der Waals surface area (Å²) in [6, 6.07) is 11.8. The van der Waals surface area contributed by atoms with Crippen LogP contribution in [0, 0.1) is 18.6 Å². The zero-order valence-corrected chi connectivity index (χ0v) is 17.3. The molecule has 0 saturated carbocycles. The monoisotopic (exact) mass is 424 g/mol. The Morgan fingerprint density at radius 3 is 2.58 bits per heavy atom. The van der Waals surface area contributed by atoms with E-state index < -0.39 is 5.82 Å². The van der Waals surface area contributed by atoms with Crippen molar-refractivity contribution < 1.29 is 18.3 Å². The molecule has 0 spiro atoms. The van der Waals surface area contributed by atoms with Crippen molar-refractivity contribution in [3.05, 3.63) is 77.6 Å². The molecule has 0 bridgehead atoms. The van der Waals surface area contributed by atoms with Gasteiger partial charge in [-0.05, 0) is 55.8 Å². The second-order valence-electron chi connectivity index (χ2n) is 7.55. The average molecular weight is 424 g/mol. The molecule has 1 aromatic heterocycles. The van der Waals surface area contributed by atoms with E-state index in [0.29, 0.717) is 31.0 Å². The zero-order valence-electron chi connectivity index (χ0n) is 17.3. The van der Waals surface area contributed by atoms with Gasteiger partial charge in [0.05, 0.1) is 0 Å². The lowest BCUT2D eigenvalue weighted by atomic mass is 10.1. The van der Waals surface area contributed by atoms with Gasteiger partial charge in [0.25, 0.3) is 5.91 Å². The summed E-state index contributed by atoms with van der Waals surface area (Å²) in [5, 5.41) is 0. The van der Waals surface area contributed by atoms with Crippen LogP contribution in [-0.4, -0.2) is 46.5 Å². The highest BCUT2D eigenvalue weighted by molar-refractivity contribution is 5.94. The van der Waals surface area contributed by atoms with Crippen molar-refractivity contribution in [1.29, 1.82) is 0 Å². The second kappa shape index (κ2) is 8.67. The molecule has 0 unspecified atom stereocenters. The molecule has 2 heterocycles. The molecular weight excluding hydrogens is 402 g/mol. The summed E-state index contributed by atoms with van der Waals surface area (Å²) < 4.78 is 32.8. The van der Waals surface area contributed by atoms with Crippen LogP contribution in [0.1, 0.15) is 22.8 Å². The van der Waals surface area contributed by atoms with Crippen molar-refractivity contribution in [2.24, 2.45) is 0 Å². The van der Waals surface area contributed by atoms with Crippen molar-refractivity contribution in [3.63, 3.8) is 0 Å². The van der Waals surface area contributed by atoms with Crippen LogP contribution in [-0.2, 0) is 0 Å². The molecule has 1 saturated heterocycles. The number of hydrogen-bond donors (Lipinski definition) is 0. The lowest BCUT2D eigenvalue weighted by molar-refractivity contribution is 0.0673. The topological polar surface area (TPSA) is 58.6 Å². The SMILES string of the molecule is Cc1ccc(F)c(Oc2cc(N3CCN(C(=O)c4ccc(F)cc4)[C@@H](C)C3)ncn2)c1. The fraction of sp³-hybridized carbons (Fsp3) is 0.261. The van der Waals surface area contributed by atoms with E-state index >= 15 is 0 Å². The molecule has 6 nitrogen and oxygen atoms in total. The Labute approximate surface area is 179 Å². The van der Waals surface area contributed by atoms with E-state index in [1.807, 2.05) is 18.7 Å². The number of ether oxygens (including phenoxy) is 1. The summed E-state index contributed by atoms with van der Waals surface area (Å²) in [7, 11) is 0. The van der Waals surface area contributed by atoms with Gasteiger partial charge in [-0.2, -0.15) is 0 Å². The third kappa shape index (κ3) is 4.63. The maximum Gasteiger partial charge on any atom is 0.254 e. The molecule has 4 rings (SSSR count). The number of rotatable bonds is 4. The molecule has 0 N–H and O–H groups in total. The number of aryl methyl sites for hydroxylation is 1. The van der Waals surface area contributed by atoms with Crippen molar-refractivity contribution in [2.45, 2.75) is 19.9 Å². The van der Waals surface area contributed by atoms with Crippen LogP contribution in [0.2, 0.25) is 0 Å². The Bertz CT molecular complexity index is 1090. The number of hydrogen-bond acceptors (Lipinski definition) is 5. The van der Waals surface area contributed by atoms with Crippen molar-refractivity contribution in [2.75, 3.05) is 24.5 Å². The predicted octanol–water partition coefficient (Wildman–Crippen LogP) is 4.21. The van der Waals surface area contributed by atoms with Crippen molar-refractivity contribution in [3.8, 4) is 11.6 Å². The zero-order chi connectivity index (χ0) is 22.0. The highest BCUT2D eigenvalue weighted by Crippen LogP contribution is 2.27. The van der Waals surface area contributed by atoms with Crippen LogP contribution < -0.4 is 9.64 Å². The van der Waals surface area contributed by atoms with Gasteiger partial charge in [0.1, 0.15) is 18.0 Å². The molecular formula is C23H22F2N4O2. The second-order valence-corrected chi connectivity index (χ2v) is 7.55. The number of carbonyl (C=O) groups is 1. The maximum absolute atomic E-state index is 14.0. The minimum atomic E-state index is -0.465. The Morgan fingerprint density at radius 1 is 1.06 bits per heavy atom. The molecule has 1 aliphatic heterocycles. The Kier molecular flexibility index (Phi) is 5.79. The summed E-state index contributed by atoms with van der Waals surface area (Å²) in [6.45, 7) is 5.42. The Balaban J connectivity index is 1.45. The van der Waals surface area contributed by atoms with Crippen molar-refractivity contribution >= 4 is 11.7 Å². The number of benzene rings is 2. The Hall–Kier alpha value is -3.55. The standard InChI is InChI=1S/C23H22F2N4O2/c1-15-3-8-19(25)20(11-15)31-22-12-21(26-14-27-22)28-9-10-29(16(2)13-28)23(30)17-4-6-18(24)7-5-17/h3-8,11-12,14,16H,9-10,13H2,1-2H3/t16-/m0/s1. The first-order valence-corrected chi connectivity index (χ1v) is 9.98. The number of halogens is 2. The number of nitrogens with zero attached hydrogens (tertiary/aromatic N) is 4. The smallest absolute Gasteiger partial charge is 0.254 e. The molecule has 31 heavy (non-hydrogen) atoms. The largest absolute Gasteiger partial charge is 0.436 e. The number of aromatic nitrogens is 2. The molecule has 0 aliphatic carbocycles. The molecule has 160 valence electrons. The van der Waals surface area contributed by atoms with E-state index in [2.05, 4.69) is 9.97 Å². The van der Waals surface area contributed by atoms with Gasteiger partial charge in [-0.15, -0.1) is 0 Å². The quantitative estimate of drug-likeness (QED) is 0.628. The van der Waals surface area contributed by atoms with E-state index in [9.17, 15) is 13.6 Å². The normalized spacial score (nSPS) is 16.3. The first kappa shape index (κ1) is 20.7. The Morgan fingerprint density at radius 2 is 1.84 bits per heavy atom. The minimum absolute atomic E-state index is 0.0835. The van der Waals surface area contributed by atoms with Crippen LogP contribution in [0.3, 0.4) is 0 Å². The van der Waals surface area contributed by atoms with Gasteiger partial charge in [-0.1, -0.05) is 6.07 Å². The first-order valence-electron chi connectivity index (χ1n) is 9.98. The molecule has 3 aromatic rings. The molecule has 2 aromatic carbocycles. The summed E-state index contributed by atoms with van der Waals surface area (Å²) in [6.07, 6.45) is 1.37. The fourth-order valence-corrected chi connectivity index (χ4v) is 3.59. The maximum atomic E-state index is 14.0. The summed E-state index contributed by atoms with van der Waals surface area (Å²) in [5.74, 6) is 0.0151. The lowest BCUT2D eigenvalue weighted by Gasteiger charge is -2.40. The number of piperazine rings is 1. The highest BCUT2D eigenvalue weighted by Gasteiger charge is 2.29. The van der Waals surface area contributed by atoms with Crippen LogP contribution in [0.15, 0.2) is 54.9 Å². The molecule has 8 heteroatoms. The average Bonchev–Trinajstić information content (AvgIpc) is 2.76. The molecule has 1 amide bonds. The van der Waals surface area contributed by atoms with Crippen LogP contribution in [0.5, 0.6) is 11.6 Å². The molecule has 1 aliphatic rings. The highest BCUT2D eigenvalue weighted by atomic mass is 19.1. The minimum Gasteiger partial charge on any atom is -0.436 e. The summed E-state index contributed by atoms with van der Waals surface area (Å²) >= 11 is 0. The molecule has 1 fully saturated rings. The third-order valence-corrected chi connectivity index (χ3v) is 5.23. The van der Waals surface area contributed by atoms with E-state index in [0.717, 1.165) is 5.56 Å². The van der Waals surface area contributed by atoms with Gasteiger partial charge in [-0.3, -0.25) is 4.79 Å². The van der Waals surface area contributed by atoms with E-state index in [-0.39, 0.29) is 29.4 Å². The van der Waals surface area contributed by atoms with Crippen LogP contribution in [0.25, 0.3) is 0 Å². The van der Waals surface area contributed by atoms with E-state index in [1.165, 1.54) is 36.7 Å². The molecule has 0 radical (unpaired) electrons. The van der Waals surface area contributed by atoms with Crippen LogP contribution >= 0.6 is 0 Å². The van der Waals surface area contributed by atoms with Gasteiger partial charge in [-0.25, -0.2) is 18.7 Å². The number of carbonyl (C=O) groups excluding carboxylic acids is 1. The van der Waals surface area contributed by atoms with Gasteiger partial charge in [0.15, 0.2) is 11.6 Å². The number of anilines is 1. The van der Waals surface area contributed by atoms with Gasteiger partial charge in [0, 0.05) is 37.3 Å². The summed E-state index contributed by atoms with van der Waals surface area (Å²) in [4.78, 5) is 25.0. The van der Waals surface area contributed by atoms with Gasteiger partial charge in [0.2, 0.25) is 5.88 Å². The van der Waals surface area contributed by atoms with Gasteiger partial charge < -0.3 is 14.5 Å². The lowest BCUT2D eigenvalue weighted by Crippen LogP contribution is -2.54. The summed E-state index contributed by atoms with van der Waals surface area (Å²) in [5.41, 5.74) is 1.33. The predicted molar refractivity (Wildman–Crippen MR) is 112 cm³/mol. The number of amides is 1. The molecule has 1 atom stereocenters. The van der Waals surface area contributed by atoms with Crippen molar-refractivity contribution in [1.82, 2.24) is 14.9 Å². The van der Waals surface area contributed by atoms with Gasteiger partial charge >= 0.3 is 0 Å². The van der Waals surface area contributed by atoms with Crippen LogP contribution in [0.4, 0.5) is 14.6 Å².